The Labute approximate surface area is 156 Å². The van der Waals surface area contributed by atoms with Gasteiger partial charge in [0.25, 0.3) is 5.91 Å². The maximum Gasteiger partial charge on any atom is 0.277 e. The number of benzene rings is 2. The van der Waals surface area contributed by atoms with Crippen LogP contribution >= 0.6 is 0 Å². The first kappa shape index (κ1) is 19.7. The Morgan fingerprint density at radius 2 is 1.77 bits per heavy atom. The van der Waals surface area contributed by atoms with Gasteiger partial charge < -0.3 is 4.74 Å². The second-order valence-electron chi connectivity index (χ2n) is 7.10. The molecule has 0 saturated carbocycles. The molecule has 0 aliphatic heterocycles. The summed E-state index contributed by atoms with van der Waals surface area (Å²) in [4.78, 5) is 12.0. The average Bonchev–Trinajstić information content (AvgIpc) is 2.60. The third-order valence-electron chi connectivity index (χ3n) is 4.16. The Morgan fingerprint density at radius 3 is 2.38 bits per heavy atom. The fourth-order valence-electron chi connectivity index (χ4n) is 2.56. The van der Waals surface area contributed by atoms with Crippen molar-refractivity contribution < 1.29 is 9.53 Å². The summed E-state index contributed by atoms with van der Waals surface area (Å²) in [5, 5.41) is 4.00. The molecular weight excluding hydrogens is 324 g/mol. The van der Waals surface area contributed by atoms with Gasteiger partial charge in [-0.3, -0.25) is 4.79 Å². The number of amides is 1. The SMILES string of the molecule is Cc1ccc(C(C)C)c(OCC(=O)N/N=C/c2ccc(C(C)C)cc2)c1. The van der Waals surface area contributed by atoms with E-state index in [1.165, 1.54) is 5.56 Å². The van der Waals surface area contributed by atoms with Gasteiger partial charge in [0, 0.05) is 0 Å². The highest BCUT2D eigenvalue weighted by atomic mass is 16.5. The van der Waals surface area contributed by atoms with Gasteiger partial charge in [-0.25, -0.2) is 5.43 Å². The molecule has 2 aromatic rings. The van der Waals surface area contributed by atoms with Crippen LogP contribution in [0.4, 0.5) is 0 Å². The highest BCUT2D eigenvalue weighted by molar-refractivity contribution is 5.83. The third kappa shape index (κ3) is 5.73. The smallest absolute Gasteiger partial charge is 0.277 e. The summed E-state index contributed by atoms with van der Waals surface area (Å²) < 4.78 is 5.70. The van der Waals surface area contributed by atoms with Crippen molar-refractivity contribution in [2.45, 2.75) is 46.5 Å². The van der Waals surface area contributed by atoms with Crippen LogP contribution in [0.3, 0.4) is 0 Å². The summed E-state index contributed by atoms with van der Waals surface area (Å²) >= 11 is 0. The van der Waals surface area contributed by atoms with Crippen LogP contribution in [-0.4, -0.2) is 18.7 Å². The first-order valence-corrected chi connectivity index (χ1v) is 9.02. The van der Waals surface area contributed by atoms with Gasteiger partial charge in [0.1, 0.15) is 5.75 Å². The molecule has 2 rings (SSSR count). The number of nitrogens with zero attached hydrogens (tertiary/aromatic N) is 1. The lowest BCUT2D eigenvalue weighted by Crippen LogP contribution is -2.25. The van der Waals surface area contributed by atoms with Crippen LogP contribution in [-0.2, 0) is 4.79 Å². The number of carbonyl (C=O) groups excluding carboxylic acids is 1. The molecule has 4 nitrogen and oxygen atoms in total. The quantitative estimate of drug-likeness (QED) is 0.576. The molecule has 0 fully saturated rings. The van der Waals surface area contributed by atoms with Crippen LogP contribution in [0.25, 0.3) is 0 Å². The first-order valence-electron chi connectivity index (χ1n) is 9.02. The number of ether oxygens (including phenoxy) is 1. The molecular formula is C22H28N2O2. The molecule has 1 amide bonds. The van der Waals surface area contributed by atoms with Gasteiger partial charge in [0.2, 0.25) is 0 Å². The van der Waals surface area contributed by atoms with E-state index in [1.54, 1.807) is 6.21 Å². The zero-order chi connectivity index (χ0) is 19.1. The summed E-state index contributed by atoms with van der Waals surface area (Å²) in [6.07, 6.45) is 1.63. The number of hydrogen-bond acceptors (Lipinski definition) is 3. The van der Waals surface area contributed by atoms with Gasteiger partial charge in [-0.1, -0.05) is 64.1 Å². The number of hydrazone groups is 1. The normalized spacial score (nSPS) is 11.3. The summed E-state index contributed by atoms with van der Waals surface area (Å²) in [6.45, 7) is 10.5. The lowest BCUT2D eigenvalue weighted by Gasteiger charge is -2.14. The number of hydrogen-bond donors (Lipinski definition) is 1. The molecule has 0 atom stereocenters. The lowest BCUT2D eigenvalue weighted by molar-refractivity contribution is -0.123. The number of nitrogens with one attached hydrogen (secondary N) is 1. The third-order valence-corrected chi connectivity index (χ3v) is 4.16. The molecule has 26 heavy (non-hydrogen) atoms. The van der Waals surface area contributed by atoms with Crippen LogP contribution in [0.15, 0.2) is 47.6 Å². The summed E-state index contributed by atoms with van der Waals surface area (Å²) in [5.74, 6) is 1.30. The van der Waals surface area contributed by atoms with Gasteiger partial charge in [-0.05, 0) is 47.1 Å². The molecule has 0 bridgehead atoms. The van der Waals surface area contributed by atoms with E-state index in [2.05, 4.69) is 56.4 Å². The molecule has 138 valence electrons. The van der Waals surface area contributed by atoms with E-state index in [1.807, 2.05) is 31.2 Å². The minimum absolute atomic E-state index is 0.0627. The molecule has 2 aromatic carbocycles. The van der Waals surface area contributed by atoms with Crippen molar-refractivity contribution in [1.82, 2.24) is 5.43 Å². The molecule has 0 heterocycles. The Hall–Kier alpha value is -2.62. The van der Waals surface area contributed by atoms with E-state index in [0.717, 1.165) is 22.4 Å². The molecule has 0 spiro atoms. The maximum atomic E-state index is 12.0. The lowest BCUT2D eigenvalue weighted by atomic mass is 10.0. The molecule has 0 radical (unpaired) electrons. The molecule has 0 saturated heterocycles. The van der Waals surface area contributed by atoms with Gasteiger partial charge in [-0.2, -0.15) is 5.10 Å². The predicted molar refractivity (Wildman–Crippen MR) is 107 cm³/mol. The monoisotopic (exact) mass is 352 g/mol. The number of aryl methyl sites for hydroxylation is 1. The average molecular weight is 352 g/mol. The van der Waals surface area contributed by atoms with E-state index in [9.17, 15) is 4.79 Å². The second kappa shape index (κ2) is 9.18. The summed E-state index contributed by atoms with van der Waals surface area (Å²) in [5.41, 5.74) is 6.92. The molecule has 0 aromatic heterocycles. The van der Waals surface area contributed by atoms with Crippen LogP contribution in [0.5, 0.6) is 5.75 Å². The molecule has 0 unspecified atom stereocenters. The number of carbonyl (C=O) groups is 1. The van der Waals surface area contributed by atoms with Crippen molar-refractivity contribution in [3.05, 3.63) is 64.7 Å². The van der Waals surface area contributed by atoms with E-state index in [-0.39, 0.29) is 12.5 Å². The predicted octanol–water partition coefficient (Wildman–Crippen LogP) is 4.77. The number of rotatable bonds is 7. The Kier molecular flexibility index (Phi) is 6.96. The van der Waals surface area contributed by atoms with Crippen molar-refractivity contribution in [2.24, 2.45) is 5.10 Å². The van der Waals surface area contributed by atoms with E-state index in [0.29, 0.717) is 11.8 Å². The highest BCUT2D eigenvalue weighted by Gasteiger charge is 2.10. The minimum atomic E-state index is -0.281. The molecule has 0 aliphatic rings. The Bertz CT molecular complexity index is 762. The van der Waals surface area contributed by atoms with Crippen LogP contribution < -0.4 is 10.2 Å². The zero-order valence-electron chi connectivity index (χ0n) is 16.2. The summed E-state index contributed by atoms with van der Waals surface area (Å²) in [7, 11) is 0. The van der Waals surface area contributed by atoms with Crippen molar-refractivity contribution in [2.75, 3.05) is 6.61 Å². The maximum absolute atomic E-state index is 12.0. The fourth-order valence-corrected chi connectivity index (χ4v) is 2.56. The van der Waals surface area contributed by atoms with Gasteiger partial charge in [0.15, 0.2) is 6.61 Å². The van der Waals surface area contributed by atoms with E-state index in [4.69, 9.17) is 4.74 Å². The second-order valence-corrected chi connectivity index (χ2v) is 7.10. The van der Waals surface area contributed by atoms with Crippen molar-refractivity contribution in [1.29, 1.82) is 0 Å². The largest absolute Gasteiger partial charge is 0.483 e. The van der Waals surface area contributed by atoms with Crippen LogP contribution in [0.1, 0.15) is 61.8 Å². The Morgan fingerprint density at radius 1 is 1.08 bits per heavy atom. The van der Waals surface area contributed by atoms with Gasteiger partial charge in [0.05, 0.1) is 6.21 Å². The van der Waals surface area contributed by atoms with E-state index >= 15 is 0 Å². The standard InChI is InChI=1S/C22H28N2O2/c1-15(2)19-9-7-18(8-10-19)13-23-24-22(25)14-26-21-12-17(5)6-11-20(21)16(3)4/h6-13,15-16H,14H2,1-5H3,(H,24,25)/b23-13+. The van der Waals surface area contributed by atoms with Gasteiger partial charge in [-0.15, -0.1) is 0 Å². The van der Waals surface area contributed by atoms with E-state index < -0.39 is 0 Å². The molecule has 4 heteroatoms. The zero-order valence-corrected chi connectivity index (χ0v) is 16.2. The molecule has 1 N–H and O–H groups in total. The van der Waals surface area contributed by atoms with Gasteiger partial charge >= 0.3 is 0 Å². The van der Waals surface area contributed by atoms with Crippen molar-refractivity contribution >= 4 is 12.1 Å². The van der Waals surface area contributed by atoms with Crippen molar-refractivity contribution in [3.8, 4) is 5.75 Å². The van der Waals surface area contributed by atoms with Crippen LogP contribution in [0, 0.1) is 6.92 Å². The fraction of sp³-hybridized carbons (Fsp3) is 0.364. The minimum Gasteiger partial charge on any atom is -0.483 e. The van der Waals surface area contributed by atoms with Crippen molar-refractivity contribution in [3.63, 3.8) is 0 Å². The summed E-state index contributed by atoms with van der Waals surface area (Å²) in [6, 6.07) is 14.2. The van der Waals surface area contributed by atoms with Crippen LogP contribution in [0.2, 0.25) is 0 Å². The first-order chi connectivity index (χ1) is 12.4. The Balaban J connectivity index is 1.88. The topological polar surface area (TPSA) is 50.7 Å². The highest BCUT2D eigenvalue weighted by Crippen LogP contribution is 2.27. The molecule has 0 aliphatic carbocycles.